The van der Waals surface area contributed by atoms with Crippen molar-refractivity contribution in [2.75, 3.05) is 6.54 Å². The van der Waals surface area contributed by atoms with E-state index in [0.29, 0.717) is 6.54 Å². The molecule has 2 aromatic heterocycles. The maximum Gasteiger partial charge on any atom is 0.273 e. The van der Waals surface area contributed by atoms with E-state index in [-0.39, 0.29) is 17.8 Å². The molecule has 0 unspecified atom stereocenters. The van der Waals surface area contributed by atoms with Crippen LogP contribution in [0.4, 0.5) is 8.78 Å². The monoisotopic (exact) mass is 427 g/mol. The molecule has 1 N–H and O–H groups in total. The first-order valence-electron chi connectivity index (χ1n) is 9.57. The number of nitrogens with zero attached hydrogens (tertiary/aromatic N) is 6. The summed E-state index contributed by atoms with van der Waals surface area (Å²) in [5, 5.41) is 10.4. The van der Waals surface area contributed by atoms with E-state index in [0.717, 1.165) is 10.5 Å². The lowest BCUT2D eigenvalue weighted by Crippen LogP contribution is -2.39. The SMILES string of the molecule is O=C(NCc1ccccc1)c1cn(C[C@@H]2CC(F)(F)CN2C(=O)c2cncnc2)nn1. The van der Waals surface area contributed by atoms with Gasteiger partial charge in [0.15, 0.2) is 5.69 Å². The van der Waals surface area contributed by atoms with Crippen LogP contribution in [0.5, 0.6) is 0 Å². The van der Waals surface area contributed by atoms with Crippen LogP contribution in [0.25, 0.3) is 0 Å². The van der Waals surface area contributed by atoms with Gasteiger partial charge in [0.1, 0.15) is 6.33 Å². The van der Waals surface area contributed by atoms with Crippen molar-refractivity contribution in [2.24, 2.45) is 0 Å². The van der Waals surface area contributed by atoms with Gasteiger partial charge in [-0.25, -0.2) is 23.4 Å². The Labute approximate surface area is 176 Å². The predicted octanol–water partition coefficient (Wildman–Crippen LogP) is 1.55. The Morgan fingerprint density at radius 2 is 1.90 bits per heavy atom. The normalized spacial score (nSPS) is 17.5. The van der Waals surface area contributed by atoms with Crippen molar-refractivity contribution in [3.8, 4) is 0 Å². The van der Waals surface area contributed by atoms with Gasteiger partial charge in [0.05, 0.1) is 30.9 Å². The highest BCUT2D eigenvalue weighted by atomic mass is 19.3. The fourth-order valence-electron chi connectivity index (χ4n) is 3.45. The number of benzene rings is 1. The average Bonchev–Trinajstić information content (AvgIpc) is 3.36. The number of nitrogens with one attached hydrogen (secondary N) is 1. The van der Waals surface area contributed by atoms with E-state index in [1.807, 2.05) is 30.3 Å². The standard InChI is InChI=1S/C20H19F2N7O2/c21-20(22)6-16(29(12-20)19(31)15-8-23-13-24-9-15)10-28-11-17(26-27-28)18(30)25-7-14-4-2-1-3-5-14/h1-5,8-9,11,13,16H,6-7,10,12H2,(H,25,30)/t16-/m0/s1. The minimum absolute atomic E-state index is 0.0199. The number of rotatable bonds is 6. The molecule has 1 aromatic carbocycles. The van der Waals surface area contributed by atoms with Crippen LogP contribution in [0.2, 0.25) is 0 Å². The molecule has 9 nitrogen and oxygen atoms in total. The molecule has 31 heavy (non-hydrogen) atoms. The fourth-order valence-corrected chi connectivity index (χ4v) is 3.45. The maximum absolute atomic E-state index is 14.1. The van der Waals surface area contributed by atoms with Crippen molar-refractivity contribution in [1.29, 1.82) is 0 Å². The van der Waals surface area contributed by atoms with Crippen molar-refractivity contribution in [3.63, 3.8) is 0 Å². The lowest BCUT2D eigenvalue weighted by molar-refractivity contribution is 0.0117. The summed E-state index contributed by atoms with van der Waals surface area (Å²) in [5.74, 6) is -4.03. The first kappa shape index (κ1) is 20.5. The second-order valence-corrected chi connectivity index (χ2v) is 7.27. The molecular formula is C20H19F2N7O2. The van der Waals surface area contributed by atoms with Gasteiger partial charge < -0.3 is 10.2 Å². The first-order valence-corrected chi connectivity index (χ1v) is 9.57. The van der Waals surface area contributed by atoms with E-state index in [4.69, 9.17) is 0 Å². The molecule has 1 aliphatic heterocycles. The summed E-state index contributed by atoms with van der Waals surface area (Å²) < 4.78 is 29.5. The van der Waals surface area contributed by atoms with Gasteiger partial charge in [-0.2, -0.15) is 0 Å². The van der Waals surface area contributed by atoms with E-state index < -0.39 is 36.7 Å². The van der Waals surface area contributed by atoms with E-state index in [1.54, 1.807) is 0 Å². The van der Waals surface area contributed by atoms with Gasteiger partial charge >= 0.3 is 0 Å². The zero-order chi connectivity index (χ0) is 21.8. The molecule has 0 saturated carbocycles. The summed E-state index contributed by atoms with van der Waals surface area (Å²) in [4.78, 5) is 33.6. The van der Waals surface area contributed by atoms with Crippen LogP contribution in [0, 0.1) is 0 Å². The third-order valence-electron chi connectivity index (χ3n) is 4.91. The van der Waals surface area contributed by atoms with E-state index in [2.05, 4.69) is 25.6 Å². The van der Waals surface area contributed by atoms with Crippen LogP contribution in [0.15, 0.2) is 55.2 Å². The van der Waals surface area contributed by atoms with Crippen molar-refractivity contribution >= 4 is 11.8 Å². The van der Waals surface area contributed by atoms with Gasteiger partial charge in [-0.05, 0) is 5.56 Å². The number of likely N-dealkylation sites (tertiary alicyclic amines) is 1. The summed E-state index contributed by atoms with van der Waals surface area (Å²) in [5.41, 5.74) is 1.12. The van der Waals surface area contributed by atoms with Crippen LogP contribution in [0.3, 0.4) is 0 Å². The quantitative estimate of drug-likeness (QED) is 0.640. The zero-order valence-corrected chi connectivity index (χ0v) is 16.4. The average molecular weight is 427 g/mol. The van der Waals surface area contributed by atoms with Crippen molar-refractivity contribution in [2.45, 2.75) is 31.5 Å². The summed E-state index contributed by atoms with van der Waals surface area (Å²) >= 11 is 0. The summed E-state index contributed by atoms with van der Waals surface area (Å²) in [6, 6.07) is 8.54. The van der Waals surface area contributed by atoms with Crippen LogP contribution in [-0.4, -0.2) is 60.2 Å². The molecule has 3 aromatic rings. The molecule has 0 spiro atoms. The molecule has 1 aliphatic rings. The van der Waals surface area contributed by atoms with E-state index >= 15 is 0 Å². The van der Waals surface area contributed by atoms with Gasteiger partial charge in [-0.1, -0.05) is 35.5 Å². The molecule has 160 valence electrons. The van der Waals surface area contributed by atoms with Crippen molar-refractivity contribution < 1.29 is 18.4 Å². The number of hydrogen-bond donors (Lipinski definition) is 1. The number of halogens is 2. The number of alkyl halides is 2. The van der Waals surface area contributed by atoms with Gasteiger partial charge in [0.25, 0.3) is 17.7 Å². The third kappa shape index (κ3) is 4.87. The van der Waals surface area contributed by atoms with Crippen molar-refractivity contribution in [1.82, 2.24) is 35.2 Å². The fraction of sp³-hybridized carbons (Fsp3) is 0.300. The molecule has 1 atom stereocenters. The van der Waals surface area contributed by atoms with Crippen LogP contribution < -0.4 is 5.32 Å². The highest BCUT2D eigenvalue weighted by molar-refractivity contribution is 5.94. The Balaban J connectivity index is 1.42. The second-order valence-electron chi connectivity index (χ2n) is 7.27. The topological polar surface area (TPSA) is 106 Å². The van der Waals surface area contributed by atoms with Gasteiger partial charge in [0, 0.05) is 25.4 Å². The predicted molar refractivity (Wildman–Crippen MR) is 104 cm³/mol. The van der Waals surface area contributed by atoms with E-state index in [1.165, 1.54) is 29.6 Å². The van der Waals surface area contributed by atoms with Crippen LogP contribution in [-0.2, 0) is 13.1 Å². The molecule has 11 heteroatoms. The molecule has 1 saturated heterocycles. The van der Waals surface area contributed by atoms with Crippen LogP contribution >= 0.6 is 0 Å². The molecule has 0 radical (unpaired) electrons. The summed E-state index contributed by atoms with van der Waals surface area (Å²) in [6.45, 7) is -0.401. The summed E-state index contributed by atoms with van der Waals surface area (Å²) in [6.07, 6.45) is 4.69. The molecular weight excluding hydrogens is 408 g/mol. The minimum Gasteiger partial charge on any atom is -0.347 e. The number of carbonyl (C=O) groups excluding carboxylic acids is 2. The second kappa shape index (κ2) is 8.54. The highest BCUT2D eigenvalue weighted by Crippen LogP contribution is 2.33. The Morgan fingerprint density at radius 3 is 2.65 bits per heavy atom. The zero-order valence-electron chi connectivity index (χ0n) is 16.4. The summed E-state index contributed by atoms with van der Waals surface area (Å²) in [7, 11) is 0. The highest BCUT2D eigenvalue weighted by Gasteiger charge is 2.47. The molecule has 0 aliphatic carbocycles. The molecule has 4 rings (SSSR count). The number of hydrogen-bond acceptors (Lipinski definition) is 6. The Kier molecular flexibility index (Phi) is 5.65. The smallest absolute Gasteiger partial charge is 0.273 e. The largest absolute Gasteiger partial charge is 0.347 e. The number of carbonyl (C=O) groups is 2. The lowest BCUT2D eigenvalue weighted by atomic mass is 10.2. The molecule has 2 amide bonds. The molecule has 3 heterocycles. The Hall–Kier alpha value is -3.76. The van der Waals surface area contributed by atoms with E-state index in [9.17, 15) is 18.4 Å². The Bertz CT molecular complexity index is 1060. The molecule has 1 fully saturated rings. The Morgan fingerprint density at radius 1 is 1.16 bits per heavy atom. The molecule has 0 bridgehead atoms. The third-order valence-corrected chi connectivity index (χ3v) is 4.91. The maximum atomic E-state index is 14.1. The lowest BCUT2D eigenvalue weighted by Gasteiger charge is -2.23. The first-order chi connectivity index (χ1) is 14.9. The van der Waals surface area contributed by atoms with Gasteiger partial charge in [-0.3, -0.25) is 9.59 Å². The minimum atomic E-state index is -3.02. The van der Waals surface area contributed by atoms with Gasteiger partial charge in [0.2, 0.25) is 0 Å². The number of aromatic nitrogens is 5. The van der Waals surface area contributed by atoms with Crippen LogP contribution in [0.1, 0.15) is 32.8 Å². The van der Waals surface area contributed by atoms with Crippen molar-refractivity contribution in [3.05, 3.63) is 72.1 Å². The van der Waals surface area contributed by atoms with Gasteiger partial charge in [-0.15, -0.1) is 5.10 Å². The number of amides is 2.